The molecule has 29 heavy (non-hydrogen) atoms. The fourth-order valence-corrected chi connectivity index (χ4v) is 3.60. The van der Waals surface area contributed by atoms with Crippen LogP contribution in [-0.2, 0) is 11.3 Å². The lowest BCUT2D eigenvalue weighted by molar-refractivity contribution is 0.190. The summed E-state index contributed by atoms with van der Waals surface area (Å²) in [6, 6.07) is 8.83. The zero-order valence-corrected chi connectivity index (χ0v) is 16.3. The summed E-state index contributed by atoms with van der Waals surface area (Å²) in [5, 5.41) is 15.6. The number of anilines is 1. The highest BCUT2D eigenvalue weighted by molar-refractivity contribution is 5.41. The quantitative estimate of drug-likeness (QED) is 0.549. The standard InChI is InChI=1S/C20H25N7O2/c1-28-18-6-13(9-22-14-4-5-29-12-14)2-3-16(18)17-7-19(27-26-17)25-20-11-23-15(8-21)10-24-20/h2-3,6,10-11,14,17,19,22,26-27H,4-5,7,9,12H2,1H3,(H,24,25)/t14-,17?,19?/m1/s1. The Balaban J connectivity index is 1.36. The van der Waals surface area contributed by atoms with Crippen molar-refractivity contribution in [2.75, 3.05) is 25.6 Å². The van der Waals surface area contributed by atoms with Crippen LogP contribution in [0.5, 0.6) is 5.75 Å². The highest BCUT2D eigenvalue weighted by atomic mass is 16.5. The summed E-state index contributed by atoms with van der Waals surface area (Å²) in [7, 11) is 1.70. The van der Waals surface area contributed by atoms with Crippen molar-refractivity contribution in [1.82, 2.24) is 26.1 Å². The molecule has 3 heterocycles. The molecule has 9 heteroatoms. The Labute approximate surface area is 169 Å². The second-order valence-electron chi connectivity index (χ2n) is 7.19. The van der Waals surface area contributed by atoms with Gasteiger partial charge in [0.2, 0.25) is 0 Å². The number of nitriles is 1. The minimum atomic E-state index is -0.0179. The van der Waals surface area contributed by atoms with Gasteiger partial charge in [-0.1, -0.05) is 12.1 Å². The summed E-state index contributed by atoms with van der Waals surface area (Å²) in [5.41, 5.74) is 9.13. The third kappa shape index (κ3) is 4.81. The summed E-state index contributed by atoms with van der Waals surface area (Å²) in [6.45, 7) is 2.41. The van der Waals surface area contributed by atoms with Gasteiger partial charge in [0.1, 0.15) is 17.6 Å². The highest BCUT2D eigenvalue weighted by Gasteiger charge is 2.27. The Morgan fingerprint density at radius 2 is 2.24 bits per heavy atom. The van der Waals surface area contributed by atoms with Gasteiger partial charge in [0.05, 0.1) is 38.3 Å². The molecule has 0 amide bonds. The third-order valence-corrected chi connectivity index (χ3v) is 5.19. The van der Waals surface area contributed by atoms with Crippen molar-refractivity contribution in [3.8, 4) is 11.8 Å². The van der Waals surface area contributed by atoms with Gasteiger partial charge in [-0.25, -0.2) is 20.8 Å². The number of ether oxygens (including phenoxy) is 2. The van der Waals surface area contributed by atoms with Crippen LogP contribution in [0.2, 0.25) is 0 Å². The molecule has 152 valence electrons. The molecule has 0 bridgehead atoms. The Kier molecular flexibility index (Phi) is 6.17. The first-order valence-corrected chi connectivity index (χ1v) is 9.73. The van der Waals surface area contributed by atoms with Crippen molar-refractivity contribution in [2.45, 2.75) is 37.6 Å². The van der Waals surface area contributed by atoms with Gasteiger partial charge in [-0.3, -0.25) is 0 Å². The molecule has 3 atom stereocenters. The van der Waals surface area contributed by atoms with Gasteiger partial charge >= 0.3 is 0 Å². The number of aromatic nitrogens is 2. The van der Waals surface area contributed by atoms with Crippen LogP contribution in [0.4, 0.5) is 5.82 Å². The molecule has 2 unspecified atom stereocenters. The molecular weight excluding hydrogens is 370 g/mol. The molecule has 0 aliphatic carbocycles. The largest absolute Gasteiger partial charge is 0.496 e. The Morgan fingerprint density at radius 1 is 1.31 bits per heavy atom. The molecule has 0 spiro atoms. The molecule has 4 N–H and O–H groups in total. The summed E-state index contributed by atoms with van der Waals surface area (Å²) in [4.78, 5) is 8.24. The van der Waals surface area contributed by atoms with Crippen molar-refractivity contribution < 1.29 is 9.47 Å². The molecule has 2 fully saturated rings. The van der Waals surface area contributed by atoms with Crippen LogP contribution in [0.15, 0.2) is 30.6 Å². The van der Waals surface area contributed by atoms with E-state index in [0.717, 1.165) is 43.9 Å². The van der Waals surface area contributed by atoms with E-state index in [4.69, 9.17) is 14.7 Å². The summed E-state index contributed by atoms with van der Waals surface area (Å²) in [6.07, 6.45) is 4.86. The molecule has 1 aromatic heterocycles. The van der Waals surface area contributed by atoms with E-state index in [1.807, 2.05) is 6.07 Å². The lowest BCUT2D eigenvalue weighted by atomic mass is 10.0. The predicted molar refractivity (Wildman–Crippen MR) is 107 cm³/mol. The lowest BCUT2D eigenvalue weighted by Crippen LogP contribution is -2.36. The molecule has 2 saturated heterocycles. The Bertz CT molecular complexity index is 862. The minimum Gasteiger partial charge on any atom is -0.496 e. The van der Waals surface area contributed by atoms with Crippen LogP contribution in [0.1, 0.15) is 35.7 Å². The van der Waals surface area contributed by atoms with Gasteiger partial charge in [-0.15, -0.1) is 0 Å². The maximum atomic E-state index is 8.81. The molecular formula is C20H25N7O2. The van der Waals surface area contributed by atoms with Gasteiger partial charge in [-0.05, 0) is 18.1 Å². The molecule has 9 nitrogen and oxygen atoms in total. The van der Waals surface area contributed by atoms with E-state index >= 15 is 0 Å². The van der Waals surface area contributed by atoms with E-state index in [9.17, 15) is 0 Å². The SMILES string of the molecule is COc1cc(CN[C@@H]2CCOC2)ccc1C1CC(Nc2cnc(C#N)cn2)NN1. The molecule has 0 saturated carbocycles. The normalized spacial score (nSPS) is 23.7. The van der Waals surface area contributed by atoms with Crippen LogP contribution < -0.4 is 26.2 Å². The maximum Gasteiger partial charge on any atom is 0.158 e. The average Bonchev–Trinajstić information content (AvgIpc) is 3.45. The fraction of sp³-hybridized carbons (Fsp3) is 0.450. The van der Waals surface area contributed by atoms with E-state index in [-0.39, 0.29) is 12.2 Å². The minimum absolute atomic E-state index is 0.0179. The number of rotatable bonds is 7. The Hall–Kier alpha value is -2.77. The van der Waals surface area contributed by atoms with Gasteiger partial charge in [0.25, 0.3) is 0 Å². The number of hydrazine groups is 1. The third-order valence-electron chi connectivity index (χ3n) is 5.19. The van der Waals surface area contributed by atoms with Crippen LogP contribution in [0, 0.1) is 11.3 Å². The van der Waals surface area contributed by atoms with Crippen molar-refractivity contribution >= 4 is 5.82 Å². The van der Waals surface area contributed by atoms with Gasteiger partial charge < -0.3 is 20.1 Å². The van der Waals surface area contributed by atoms with Gasteiger partial charge in [-0.2, -0.15) is 5.26 Å². The summed E-state index contributed by atoms with van der Waals surface area (Å²) in [5.74, 6) is 1.48. The molecule has 4 rings (SSSR count). The van der Waals surface area contributed by atoms with Crippen molar-refractivity contribution in [3.05, 3.63) is 47.4 Å². The van der Waals surface area contributed by atoms with Crippen LogP contribution in [0.25, 0.3) is 0 Å². The van der Waals surface area contributed by atoms with Crippen LogP contribution >= 0.6 is 0 Å². The van der Waals surface area contributed by atoms with Gasteiger partial charge in [0, 0.05) is 31.2 Å². The smallest absolute Gasteiger partial charge is 0.158 e. The average molecular weight is 395 g/mol. The fourth-order valence-electron chi connectivity index (χ4n) is 3.60. The molecule has 2 aliphatic heterocycles. The lowest BCUT2D eigenvalue weighted by Gasteiger charge is -2.17. The first-order valence-electron chi connectivity index (χ1n) is 9.73. The van der Waals surface area contributed by atoms with Crippen LogP contribution in [-0.4, -0.2) is 42.5 Å². The van der Waals surface area contributed by atoms with E-state index in [0.29, 0.717) is 17.6 Å². The zero-order valence-electron chi connectivity index (χ0n) is 16.3. The van der Waals surface area contributed by atoms with Gasteiger partial charge in [0.15, 0.2) is 5.69 Å². The highest BCUT2D eigenvalue weighted by Crippen LogP contribution is 2.31. The monoisotopic (exact) mass is 395 g/mol. The van der Waals surface area contributed by atoms with E-state index < -0.39 is 0 Å². The maximum absolute atomic E-state index is 8.81. The van der Waals surface area contributed by atoms with Crippen LogP contribution in [0.3, 0.4) is 0 Å². The number of nitrogens with zero attached hydrogens (tertiary/aromatic N) is 3. The number of methoxy groups -OCH3 is 1. The number of benzene rings is 1. The predicted octanol–water partition coefficient (Wildman–Crippen LogP) is 1.21. The Morgan fingerprint density at radius 3 is 2.97 bits per heavy atom. The van der Waals surface area contributed by atoms with Crippen molar-refractivity contribution in [1.29, 1.82) is 5.26 Å². The molecule has 0 radical (unpaired) electrons. The first kappa shape index (κ1) is 19.5. The van der Waals surface area contributed by atoms with Crippen molar-refractivity contribution in [2.24, 2.45) is 0 Å². The zero-order chi connectivity index (χ0) is 20.1. The molecule has 2 aromatic rings. The first-order chi connectivity index (χ1) is 14.2. The topological polar surface area (TPSA) is 116 Å². The number of hydrogen-bond donors (Lipinski definition) is 4. The summed E-state index contributed by atoms with van der Waals surface area (Å²) < 4.78 is 11.1. The summed E-state index contributed by atoms with van der Waals surface area (Å²) >= 11 is 0. The van der Waals surface area contributed by atoms with E-state index in [1.165, 1.54) is 11.8 Å². The van der Waals surface area contributed by atoms with E-state index in [2.05, 4.69) is 49.7 Å². The molecule has 2 aliphatic rings. The number of nitrogens with one attached hydrogen (secondary N) is 4. The number of hydrogen-bond acceptors (Lipinski definition) is 9. The molecule has 1 aromatic carbocycles. The van der Waals surface area contributed by atoms with E-state index in [1.54, 1.807) is 13.3 Å². The van der Waals surface area contributed by atoms with Crippen molar-refractivity contribution in [3.63, 3.8) is 0 Å². The second-order valence-corrected chi connectivity index (χ2v) is 7.19. The second kappa shape index (κ2) is 9.15.